The van der Waals surface area contributed by atoms with Crippen molar-refractivity contribution in [2.75, 3.05) is 24.2 Å². The van der Waals surface area contributed by atoms with Crippen LogP contribution in [0.3, 0.4) is 0 Å². The largest absolute Gasteiger partial charge is 0.497 e. The maximum Gasteiger partial charge on any atom is 0.244 e. The first kappa shape index (κ1) is 31.0. The lowest BCUT2D eigenvalue weighted by Crippen LogP contribution is -2.55. The number of amides is 2. The highest BCUT2D eigenvalue weighted by Gasteiger charge is 2.33. The van der Waals surface area contributed by atoms with Gasteiger partial charge < -0.3 is 15.0 Å². The Balaban J connectivity index is 2.54. The van der Waals surface area contributed by atoms with Crippen LogP contribution in [0.4, 0.5) is 5.69 Å². The quantitative estimate of drug-likeness (QED) is 0.385. The first-order valence-corrected chi connectivity index (χ1v) is 14.4. The fraction of sp³-hybridized carbons (Fsp3) is 0.440. The number of nitrogens with zero attached hydrogens (tertiary/aromatic N) is 2. The Morgan fingerprint density at radius 2 is 1.68 bits per heavy atom. The summed E-state index contributed by atoms with van der Waals surface area (Å²) < 4.78 is 31.7. The molecule has 2 aromatic carbocycles. The molecule has 0 fully saturated rings. The SMILES string of the molecule is CC[C@H](C(=O)NC(C)(C)C)N(Cc1cccc(OC)c1)C(=O)CN(c1cc(Cl)c(Cl)cc1Cl)S(C)(=O)=O. The van der Waals surface area contributed by atoms with Crippen LogP contribution < -0.4 is 14.4 Å². The predicted molar refractivity (Wildman–Crippen MR) is 149 cm³/mol. The van der Waals surface area contributed by atoms with Crippen molar-refractivity contribution < 1.29 is 22.7 Å². The molecule has 0 unspecified atom stereocenters. The zero-order valence-corrected chi connectivity index (χ0v) is 24.7. The normalized spacial score (nSPS) is 12.6. The van der Waals surface area contributed by atoms with Crippen molar-refractivity contribution >= 4 is 62.3 Å². The Kier molecular flexibility index (Phi) is 10.5. The zero-order valence-electron chi connectivity index (χ0n) is 21.6. The number of halogens is 3. The lowest BCUT2D eigenvalue weighted by molar-refractivity contribution is -0.141. The highest BCUT2D eigenvalue weighted by atomic mass is 35.5. The highest BCUT2D eigenvalue weighted by molar-refractivity contribution is 7.92. The summed E-state index contributed by atoms with van der Waals surface area (Å²) in [6, 6.07) is 8.80. The summed E-state index contributed by atoms with van der Waals surface area (Å²) in [5.74, 6) is -0.381. The van der Waals surface area contributed by atoms with Crippen LogP contribution in [-0.4, -0.2) is 56.6 Å². The summed E-state index contributed by atoms with van der Waals surface area (Å²) in [4.78, 5) is 28.4. The molecule has 0 bridgehead atoms. The van der Waals surface area contributed by atoms with E-state index in [1.807, 2.05) is 20.8 Å². The molecule has 0 aliphatic carbocycles. The van der Waals surface area contributed by atoms with E-state index < -0.39 is 34.1 Å². The van der Waals surface area contributed by atoms with Crippen molar-refractivity contribution in [1.82, 2.24) is 10.2 Å². The number of carbonyl (C=O) groups excluding carboxylic acids is 2. The standard InChI is InChI=1S/C25H32Cl3N3O5S/c1-7-21(24(33)29-25(2,3)4)30(14-16-9-8-10-17(11-16)36-5)23(32)15-31(37(6,34)35)22-13-19(27)18(26)12-20(22)28/h8-13,21H,7,14-15H2,1-6H3,(H,29,33)/t21-/m1/s1. The van der Waals surface area contributed by atoms with Crippen LogP contribution >= 0.6 is 34.8 Å². The van der Waals surface area contributed by atoms with Gasteiger partial charge in [-0.1, -0.05) is 53.9 Å². The van der Waals surface area contributed by atoms with E-state index in [1.54, 1.807) is 31.2 Å². The molecule has 0 aromatic heterocycles. The second kappa shape index (κ2) is 12.6. The van der Waals surface area contributed by atoms with Gasteiger partial charge in [-0.2, -0.15) is 0 Å². The highest BCUT2D eigenvalue weighted by Crippen LogP contribution is 2.35. The summed E-state index contributed by atoms with van der Waals surface area (Å²) >= 11 is 18.4. The molecule has 0 aliphatic rings. The van der Waals surface area contributed by atoms with Crippen LogP contribution in [0, 0.1) is 0 Å². The molecule has 1 N–H and O–H groups in total. The van der Waals surface area contributed by atoms with Gasteiger partial charge in [0.05, 0.1) is 34.1 Å². The van der Waals surface area contributed by atoms with Crippen LogP contribution in [-0.2, 0) is 26.2 Å². The van der Waals surface area contributed by atoms with Crippen LogP contribution in [0.25, 0.3) is 0 Å². The van der Waals surface area contributed by atoms with Crippen molar-refractivity contribution in [3.63, 3.8) is 0 Å². The van der Waals surface area contributed by atoms with Gasteiger partial charge in [0, 0.05) is 12.1 Å². The van der Waals surface area contributed by atoms with Crippen molar-refractivity contribution in [1.29, 1.82) is 0 Å². The summed E-state index contributed by atoms with van der Waals surface area (Å²) in [6.07, 6.45) is 1.25. The summed E-state index contributed by atoms with van der Waals surface area (Å²) in [5.41, 5.74) is 0.162. The Labute approximate surface area is 233 Å². The second-order valence-corrected chi connectivity index (χ2v) is 12.7. The number of nitrogens with one attached hydrogen (secondary N) is 1. The molecule has 1 atom stereocenters. The molecule has 0 saturated heterocycles. The van der Waals surface area contributed by atoms with Crippen LogP contribution in [0.2, 0.25) is 15.1 Å². The molecule has 2 rings (SSSR count). The van der Waals surface area contributed by atoms with Gasteiger partial charge in [0.2, 0.25) is 21.8 Å². The third-order valence-corrected chi connectivity index (χ3v) is 7.46. The van der Waals surface area contributed by atoms with E-state index in [4.69, 9.17) is 39.5 Å². The number of hydrogen-bond donors (Lipinski definition) is 1. The molecule has 204 valence electrons. The van der Waals surface area contributed by atoms with Crippen LogP contribution in [0.5, 0.6) is 5.75 Å². The van der Waals surface area contributed by atoms with Crippen LogP contribution in [0.1, 0.15) is 39.7 Å². The number of carbonyl (C=O) groups is 2. The van der Waals surface area contributed by atoms with Gasteiger partial charge >= 0.3 is 0 Å². The average Bonchev–Trinajstić information content (AvgIpc) is 2.78. The van der Waals surface area contributed by atoms with E-state index >= 15 is 0 Å². The van der Waals surface area contributed by atoms with Crippen molar-refractivity contribution in [2.45, 2.75) is 52.2 Å². The van der Waals surface area contributed by atoms with Crippen molar-refractivity contribution in [3.05, 3.63) is 57.0 Å². The van der Waals surface area contributed by atoms with Gasteiger partial charge in [-0.05, 0) is 57.0 Å². The zero-order chi connectivity index (χ0) is 28.1. The van der Waals surface area contributed by atoms with Gasteiger partial charge in [0.15, 0.2) is 0 Å². The molecule has 0 saturated carbocycles. The Morgan fingerprint density at radius 1 is 1.05 bits per heavy atom. The molecule has 12 heteroatoms. The number of sulfonamides is 1. The first-order valence-electron chi connectivity index (χ1n) is 11.4. The molecule has 2 amide bonds. The number of ether oxygens (including phenoxy) is 1. The molecular weight excluding hydrogens is 561 g/mol. The smallest absolute Gasteiger partial charge is 0.244 e. The van der Waals surface area contributed by atoms with E-state index in [-0.39, 0.29) is 33.2 Å². The minimum atomic E-state index is -3.98. The maximum atomic E-state index is 13.8. The minimum Gasteiger partial charge on any atom is -0.497 e. The first-order chi connectivity index (χ1) is 17.1. The second-order valence-electron chi connectivity index (χ2n) is 9.52. The van der Waals surface area contributed by atoms with Crippen molar-refractivity contribution in [2.24, 2.45) is 0 Å². The van der Waals surface area contributed by atoms with E-state index in [0.717, 1.165) is 10.6 Å². The van der Waals surface area contributed by atoms with E-state index in [9.17, 15) is 18.0 Å². The fourth-order valence-corrected chi connectivity index (χ4v) is 5.18. The van der Waals surface area contributed by atoms with E-state index in [0.29, 0.717) is 17.7 Å². The van der Waals surface area contributed by atoms with Gasteiger partial charge in [0.25, 0.3) is 0 Å². The third-order valence-electron chi connectivity index (χ3n) is 5.31. The van der Waals surface area contributed by atoms with Gasteiger partial charge in [-0.15, -0.1) is 0 Å². The Hall–Kier alpha value is -2.20. The van der Waals surface area contributed by atoms with E-state index in [2.05, 4.69) is 5.32 Å². The molecule has 0 spiro atoms. The number of hydrogen-bond acceptors (Lipinski definition) is 5. The molecule has 8 nitrogen and oxygen atoms in total. The number of methoxy groups -OCH3 is 1. The topological polar surface area (TPSA) is 96.0 Å². The summed E-state index contributed by atoms with van der Waals surface area (Å²) in [7, 11) is -2.46. The minimum absolute atomic E-state index is 0.000406. The van der Waals surface area contributed by atoms with Gasteiger partial charge in [-0.3, -0.25) is 13.9 Å². The molecule has 0 heterocycles. The third kappa shape index (κ3) is 8.67. The molecule has 0 radical (unpaired) electrons. The Bertz CT molecular complexity index is 1250. The summed E-state index contributed by atoms with van der Waals surface area (Å²) in [5, 5.41) is 3.13. The number of rotatable bonds is 10. The lowest BCUT2D eigenvalue weighted by atomic mass is 10.1. The predicted octanol–water partition coefficient (Wildman–Crippen LogP) is 5.14. The summed E-state index contributed by atoms with van der Waals surface area (Å²) in [6.45, 7) is 6.72. The van der Waals surface area contributed by atoms with E-state index in [1.165, 1.54) is 24.1 Å². The van der Waals surface area contributed by atoms with Gasteiger partial charge in [0.1, 0.15) is 18.3 Å². The molecular formula is C25H32Cl3N3O5S. The fourth-order valence-electron chi connectivity index (χ4n) is 3.64. The number of benzene rings is 2. The lowest BCUT2D eigenvalue weighted by Gasteiger charge is -2.34. The van der Waals surface area contributed by atoms with Crippen molar-refractivity contribution in [3.8, 4) is 5.75 Å². The molecule has 2 aromatic rings. The van der Waals surface area contributed by atoms with Crippen LogP contribution in [0.15, 0.2) is 36.4 Å². The molecule has 37 heavy (non-hydrogen) atoms. The monoisotopic (exact) mass is 591 g/mol. The Morgan fingerprint density at radius 3 is 2.22 bits per heavy atom. The number of anilines is 1. The average molecular weight is 593 g/mol. The van der Waals surface area contributed by atoms with Gasteiger partial charge in [-0.25, -0.2) is 8.42 Å². The molecule has 0 aliphatic heterocycles. The maximum absolute atomic E-state index is 13.8.